The second-order valence-electron chi connectivity index (χ2n) is 4.91. The van der Waals surface area contributed by atoms with Crippen molar-refractivity contribution in [3.8, 4) is 0 Å². The first-order valence-corrected chi connectivity index (χ1v) is 7.05. The van der Waals surface area contributed by atoms with Crippen LogP contribution >= 0.6 is 0 Å². The number of hydrogen-bond acceptors (Lipinski definition) is 4. The predicted molar refractivity (Wildman–Crippen MR) is 85.7 cm³/mol. The Kier molecular flexibility index (Phi) is 5.21. The molecule has 124 valence electrons. The molecular weight excluding hydrogens is 312 g/mol. The molecule has 2 unspecified atom stereocenters. The Hall–Kier alpha value is -3.28. The molecule has 0 amide bonds. The molecule has 0 spiro atoms. The van der Waals surface area contributed by atoms with Crippen LogP contribution in [0.15, 0.2) is 73.3 Å². The molecule has 24 heavy (non-hydrogen) atoms. The molecule has 0 radical (unpaired) electrons. The topological polar surface area (TPSA) is 93.1 Å². The van der Waals surface area contributed by atoms with Gasteiger partial charge in [0.2, 0.25) is 0 Å². The van der Waals surface area contributed by atoms with Crippen molar-refractivity contribution in [3.05, 3.63) is 84.4 Å². The summed E-state index contributed by atoms with van der Waals surface area (Å²) in [6.45, 7) is 3.66. The van der Waals surface area contributed by atoms with Gasteiger partial charge in [0, 0.05) is 5.56 Å². The summed E-state index contributed by atoms with van der Waals surface area (Å²) in [7, 11) is 0. The maximum atomic E-state index is 11.3. The molecule has 2 atom stereocenters. The van der Waals surface area contributed by atoms with E-state index in [0.29, 0.717) is 11.1 Å². The van der Waals surface area contributed by atoms with E-state index in [1.165, 1.54) is 6.08 Å². The van der Waals surface area contributed by atoms with Gasteiger partial charge in [-0.2, -0.15) is 0 Å². The first-order chi connectivity index (χ1) is 11.5. The molecule has 6 heteroatoms. The highest BCUT2D eigenvalue weighted by atomic mass is 16.7. The van der Waals surface area contributed by atoms with Crippen molar-refractivity contribution in [1.82, 2.24) is 0 Å². The van der Waals surface area contributed by atoms with Crippen LogP contribution < -0.4 is 0 Å². The average molecular weight is 328 g/mol. The van der Waals surface area contributed by atoms with Crippen LogP contribution in [-0.4, -0.2) is 22.5 Å². The largest absolute Gasteiger partial charge is 0.507 e. The van der Waals surface area contributed by atoms with Crippen molar-refractivity contribution < 1.29 is 29.3 Å². The van der Waals surface area contributed by atoms with Crippen LogP contribution in [0.5, 0.6) is 0 Å². The molecule has 2 rings (SSSR count). The molecule has 2 aromatic rings. The Labute approximate surface area is 138 Å². The third-order valence-corrected chi connectivity index (χ3v) is 3.49. The Bertz CT molecular complexity index is 713. The average Bonchev–Trinajstić information content (AvgIpc) is 2.59. The van der Waals surface area contributed by atoms with Crippen molar-refractivity contribution in [3.63, 3.8) is 0 Å². The lowest BCUT2D eigenvalue weighted by atomic mass is 9.84. The molecule has 0 aliphatic rings. The Morgan fingerprint density at radius 2 is 1.50 bits per heavy atom. The van der Waals surface area contributed by atoms with Gasteiger partial charge in [0.05, 0.1) is 0 Å². The van der Waals surface area contributed by atoms with Crippen LogP contribution in [-0.2, 0) is 15.1 Å². The quantitative estimate of drug-likeness (QED) is 0.610. The van der Waals surface area contributed by atoms with E-state index in [4.69, 9.17) is 14.6 Å². The van der Waals surface area contributed by atoms with Crippen LogP contribution in [0.2, 0.25) is 0 Å². The van der Waals surface area contributed by atoms with E-state index in [9.17, 15) is 14.7 Å². The lowest BCUT2D eigenvalue weighted by Gasteiger charge is -2.36. The number of benzene rings is 2. The summed E-state index contributed by atoms with van der Waals surface area (Å²) >= 11 is 0. The molecule has 0 fully saturated rings. The van der Waals surface area contributed by atoms with E-state index in [0.717, 1.165) is 0 Å². The van der Waals surface area contributed by atoms with Crippen LogP contribution in [0.1, 0.15) is 17.2 Å². The first kappa shape index (κ1) is 17.1. The van der Waals surface area contributed by atoms with E-state index in [1.54, 1.807) is 60.7 Å². The normalized spacial score (nSPS) is 14.0. The Morgan fingerprint density at radius 1 is 0.958 bits per heavy atom. The third-order valence-electron chi connectivity index (χ3n) is 3.49. The van der Waals surface area contributed by atoms with E-state index in [2.05, 4.69) is 6.58 Å². The number of carboxylic acid groups (broad SMARTS) is 2. The Balaban J connectivity index is 2.66. The van der Waals surface area contributed by atoms with Crippen molar-refractivity contribution in [2.75, 3.05) is 0 Å². The minimum absolute atomic E-state index is 0.400. The number of rotatable bonds is 6. The fourth-order valence-corrected chi connectivity index (χ4v) is 2.51. The van der Waals surface area contributed by atoms with Gasteiger partial charge in [0.25, 0.3) is 0 Å². The molecule has 2 aromatic carbocycles. The van der Waals surface area contributed by atoms with Gasteiger partial charge in [-0.05, 0) is 11.6 Å². The van der Waals surface area contributed by atoms with Gasteiger partial charge in [-0.15, -0.1) is 0 Å². The van der Waals surface area contributed by atoms with Crippen molar-refractivity contribution in [1.29, 1.82) is 0 Å². The number of hydrogen-bond donors (Lipinski definition) is 2. The summed E-state index contributed by atoms with van der Waals surface area (Å²) < 4.78 is 10.1. The van der Waals surface area contributed by atoms with E-state index in [-0.39, 0.29) is 0 Å². The van der Waals surface area contributed by atoms with Gasteiger partial charge in [0.1, 0.15) is 0 Å². The summed E-state index contributed by atoms with van der Waals surface area (Å²) in [5, 5.41) is 18.3. The Morgan fingerprint density at radius 3 is 1.96 bits per heavy atom. The summed E-state index contributed by atoms with van der Waals surface area (Å²) in [6, 6.07) is 16.7. The highest BCUT2D eigenvalue weighted by molar-refractivity contribution is 5.61. The lowest BCUT2D eigenvalue weighted by molar-refractivity contribution is -0.0875. The van der Waals surface area contributed by atoms with E-state index >= 15 is 0 Å². The zero-order chi connectivity index (χ0) is 17.6. The molecule has 0 aliphatic carbocycles. The lowest BCUT2D eigenvalue weighted by Crippen LogP contribution is -2.38. The zero-order valence-corrected chi connectivity index (χ0v) is 12.7. The SMILES string of the molecule is C=CC(OC(=O)O)(c1ccccc1)C(OC(=O)O)c1ccccc1. The third kappa shape index (κ3) is 3.55. The van der Waals surface area contributed by atoms with Crippen molar-refractivity contribution in [2.24, 2.45) is 0 Å². The molecule has 2 N–H and O–H groups in total. The monoisotopic (exact) mass is 328 g/mol. The summed E-state index contributed by atoms with van der Waals surface area (Å²) in [5.41, 5.74) is -0.894. The molecule has 0 saturated carbocycles. The van der Waals surface area contributed by atoms with Gasteiger partial charge < -0.3 is 19.7 Å². The summed E-state index contributed by atoms with van der Waals surface area (Å²) in [5.74, 6) is 0. The standard InChI is InChI=1S/C18H16O6/c1-2-18(24-17(21)22,14-11-7-4-8-12-14)15(23-16(19)20)13-9-5-3-6-10-13/h2-12,15H,1H2,(H,19,20)(H,21,22). The van der Waals surface area contributed by atoms with Gasteiger partial charge in [-0.25, -0.2) is 9.59 Å². The summed E-state index contributed by atoms with van der Waals surface area (Å²) in [6.07, 6.45) is -3.15. The van der Waals surface area contributed by atoms with Crippen LogP contribution in [0, 0.1) is 0 Å². The number of ether oxygens (including phenoxy) is 2. The van der Waals surface area contributed by atoms with Gasteiger partial charge in [-0.3, -0.25) is 0 Å². The van der Waals surface area contributed by atoms with Crippen molar-refractivity contribution >= 4 is 12.3 Å². The van der Waals surface area contributed by atoms with Crippen molar-refractivity contribution in [2.45, 2.75) is 11.7 Å². The molecule has 0 heterocycles. The van der Waals surface area contributed by atoms with Gasteiger partial charge >= 0.3 is 12.3 Å². The summed E-state index contributed by atoms with van der Waals surface area (Å²) in [4.78, 5) is 22.5. The maximum absolute atomic E-state index is 11.3. The van der Waals surface area contributed by atoms with Crippen LogP contribution in [0.3, 0.4) is 0 Å². The molecule has 0 aliphatic heterocycles. The predicted octanol–water partition coefficient (Wildman–Crippen LogP) is 4.20. The van der Waals surface area contributed by atoms with E-state index in [1.807, 2.05) is 0 Å². The smallest absolute Gasteiger partial charge is 0.450 e. The fraction of sp³-hybridized carbons (Fsp3) is 0.111. The zero-order valence-electron chi connectivity index (χ0n) is 12.7. The molecule has 0 saturated heterocycles. The molecule has 6 nitrogen and oxygen atoms in total. The molecular formula is C18H16O6. The minimum atomic E-state index is -1.73. The second-order valence-corrected chi connectivity index (χ2v) is 4.91. The molecule has 0 aromatic heterocycles. The highest BCUT2D eigenvalue weighted by Crippen LogP contribution is 2.42. The van der Waals surface area contributed by atoms with Gasteiger partial charge in [0.15, 0.2) is 11.7 Å². The minimum Gasteiger partial charge on any atom is -0.450 e. The second kappa shape index (κ2) is 7.32. The molecule has 0 bridgehead atoms. The van der Waals surface area contributed by atoms with E-state index < -0.39 is 24.0 Å². The number of carbonyl (C=O) groups is 2. The first-order valence-electron chi connectivity index (χ1n) is 7.05. The maximum Gasteiger partial charge on any atom is 0.507 e. The van der Waals surface area contributed by atoms with Gasteiger partial charge in [-0.1, -0.05) is 67.2 Å². The van der Waals surface area contributed by atoms with Crippen LogP contribution in [0.4, 0.5) is 9.59 Å². The highest BCUT2D eigenvalue weighted by Gasteiger charge is 2.46. The van der Waals surface area contributed by atoms with Crippen LogP contribution in [0.25, 0.3) is 0 Å². The fourth-order valence-electron chi connectivity index (χ4n) is 2.51.